The lowest BCUT2D eigenvalue weighted by Crippen LogP contribution is -2.49. The van der Waals surface area contributed by atoms with Crippen LogP contribution in [0.15, 0.2) is 30.3 Å². The molecule has 5 heteroatoms. The van der Waals surface area contributed by atoms with Crippen LogP contribution in [0.25, 0.3) is 0 Å². The second-order valence-electron chi connectivity index (χ2n) is 6.34. The first kappa shape index (κ1) is 16.0. The molecule has 0 radical (unpaired) electrons. The summed E-state index contributed by atoms with van der Waals surface area (Å²) < 4.78 is 0. The molecule has 2 heterocycles. The number of nitrogens with zero attached hydrogens (tertiary/aromatic N) is 2. The summed E-state index contributed by atoms with van der Waals surface area (Å²) in [6.07, 6.45) is 3.08. The third-order valence-corrected chi connectivity index (χ3v) is 4.71. The van der Waals surface area contributed by atoms with E-state index in [1.54, 1.807) is 4.90 Å². The highest BCUT2D eigenvalue weighted by molar-refractivity contribution is 5.89. The Morgan fingerprint density at radius 3 is 2.70 bits per heavy atom. The second-order valence-corrected chi connectivity index (χ2v) is 6.34. The molecule has 3 rings (SSSR count). The molecule has 0 aliphatic carbocycles. The number of benzene rings is 1. The van der Waals surface area contributed by atoms with Gasteiger partial charge in [0.05, 0.1) is 6.42 Å². The Morgan fingerprint density at radius 1 is 1.04 bits per heavy atom. The molecular weight excluding hydrogens is 290 g/mol. The molecule has 0 aromatic heterocycles. The van der Waals surface area contributed by atoms with Crippen LogP contribution >= 0.6 is 0 Å². The van der Waals surface area contributed by atoms with Crippen LogP contribution in [0.3, 0.4) is 0 Å². The monoisotopic (exact) mass is 315 g/mol. The van der Waals surface area contributed by atoms with Crippen molar-refractivity contribution in [1.29, 1.82) is 0 Å². The molecule has 2 fully saturated rings. The minimum absolute atomic E-state index is 0.0694. The van der Waals surface area contributed by atoms with Crippen LogP contribution in [-0.4, -0.2) is 60.4 Å². The largest absolute Gasteiger partial charge is 0.340 e. The zero-order chi connectivity index (χ0) is 16.1. The molecule has 2 aliphatic rings. The lowest BCUT2D eigenvalue weighted by atomic mass is 10.1. The Kier molecular flexibility index (Phi) is 5.28. The van der Waals surface area contributed by atoms with E-state index in [0.29, 0.717) is 13.0 Å². The fraction of sp³-hybridized carbons (Fsp3) is 0.556. The van der Waals surface area contributed by atoms with E-state index >= 15 is 0 Å². The standard InChI is InChI=1S/C18H25N3O2/c22-17(14-15-6-2-1-3-7-15)21-12-4-8-16(21)18(23)20-11-5-9-19-10-13-20/h1-3,6-7,16,19H,4-5,8-14H2. The van der Waals surface area contributed by atoms with Gasteiger partial charge in [-0.15, -0.1) is 0 Å². The molecule has 2 amide bonds. The molecule has 5 nitrogen and oxygen atoms in total. The molecule has 0 saturated carbocycles. The third-order valence-electron chi connectivity index (χ3n) is 4.71. The maximum atomic E-state index is 12.8. The molecule has 2 aliphatic heterocycles. The zero-order valence-electron chi connectivity index (χ0n) is 13.5. The normalized spacial score (nSPS) is 22.0. The number of likely N-dealkylation sites (tertiary alicyclic amines) is 1. The van der Waals surface area contributed by atoms with Crippen LogP contribution in [0.1, 0.15) is 24.8 Å². The van der Waals surface area contributed by atoms with E-state index in [-0.39, 0.29) is 17.9 Å². The first-order chi connectivity index (χ1) is 11.3. The van der Waals surface area contributed by atoms with Gasteiger partial charge in [-0.25, -0.2) is 0 Å². The Bertz CT molecular complexity index is 538. The summed E-state index contributed by atoms with van der Waals surface area (Å²) in [7, 11) is 0. The summed E-state index contributed by atoms with van der Waals surface area (Å²) in [5, 5.41) is 3.31. The van der Waals surface area contributed by atoms with Crippen molar-refractivity contribution >= 4 is 11.8 Å². The van der Waals surface area contributed by atoms with Gasteiger partial charge in [0.25, 0.3) is 0 Å². The van der Waals surface area contributed by atoms with Crippen LogP contribution < -0.4 is 5.32 Å². The van der Waals surface area contributed by atoms with E-state index in [0.717, 1.165) is 51.0 Å². The second kappa shape index (κ2) is 7.59. The molecule has 23 heavy (non-hydrogen) atoms. The van der Waals surface area contributed by atoms with Crippen molar-refractivity contribution in [3.8, 4) is 0 Å². The number of carbonyl (C=O) groups excluding carboxylic acids is 2. The van der Waals surface area contributed by atoms with Gasteiger partial charge in [-0.3, -0.25) is 9.59 Å². The van der Waals surface area contributed by atoms with Crippen molar-refractivity contribution in [2.45, 2.75) is 31.7 Å². The zero-order valence-corrected chi connectivity index (χ0v) is 13.5. The molecule has 124 valence electrons. The molecule has 1 unspecified atom stereocenters. The molecule has 0 bridgehead atoms. The lowest BCUT2D eigenvalue weighted by molar-refractivity contribution is -0.143. The number of nitrogens with one attached hydrogen (secondary N) is 1. The summed E-state index contributed by atoms with van der Waals surface area (Å²) >= 11 is 0. The van der Waals surface area contributed by atoms with Crippen LogP contribution in [0.2, 0.25) is 0 Å². The summed E-state index contributed by atoms with van der Waals surface area (Å²) in [6, 6.07) is 9.50. The third kappa shape index (κ3) is 3.91. The number of amides is 2. The maximum absolute atomic E-state index is 12.8. The Labute approximate surface area is 137 Å². The van der Waals surface area contributed by atoms with Crippen molar-refractivity contribution in [3.63, 3.8) is 0 Å². The predicted octanol–water partition coefficient (Wildman–Crippen LogP) is 1.04. The average molecular weight is 315 g/mol. The van der Waals surface area contributed by atoms with Crippen molar-refractivity contribution in [2.24, 2.45) is 0 Å². The van der Waals surface area contributed by atoms with E-state index in [1.807, 2.05) is 35.2 Å². The average Bonchev–Trinajstić information content (AvgIpc) is 2.90. The van der Waals surface area contributed by atoms with Gasteiger partial charge in [0.15, 0.2) is 0 Å². The summed E-state index contributed by atoms with van der Waals surface area (Å²) in [5.41, 5.74) is 1.01. The van der Waals surface area contributed by atoms with Gasteiger partial charge in [-0.1, -0.05) is 30.3 Å². The van der Waals surface area contributed by atoms with Crippen molar-refractivity contribution in [1.82, 2.24) is 15.1 Å². The van der Waals surface area contributed by atoms with Crippen molar-refractivity contribution in [3.05, 3.63) is 35.9 Å². The van der Waals surface area contributed by atoms with E-state index < -0.39 is 0 Å². The molecular formula is C18H25N3O2. The van der Waals surface area contributed by atoms with Crippen LogP contribution in [-0.2, 0) is 16.0 Å². The highest BCUT2D eigenvalue weighted by atomic mass is 16.2. The van der Waals surface area contributed by atoms with E-state index in [4.69, 9.17) is 0 Å². The number of rotatable bonds is 3. The minimum Gasteiger partial charge on any atom is -0.340 e. The fourth-order valence-electron chi connectivity index (χ4n) is 3.47. The van der Waals surface area contributed by atoms with Crippen LogP contribution in [0.5, 0.6) is 0 Å². The molecule has 1 atom stereocenters. The Balaban J connectivity index is 1.64. The molecule has 0 spiro atoms. The highest BCUT2D eigenvalue weighted by Crippen LogP contribution is 2.21. The van der Waals surface area contributed by atoms with Crippen LogP contribution in [0.4, 0.5) is 0 Å². The number of hydrogen-bond acceptors (Lipinski definition) is 3. The Morgan fingerprint density at radius 2 is 1.87 bits per heavy atom. The van der Waals surface area contributed by atoms with Gasteiger partial charge in [0.2, 0.25) is 11.8 Å². The van der Waals surface area contributed by atoms with Crippen LogP contribution in [0, 0.1) is 0 Å². The first-order valence-corrected chi connectivity index (χ1v) is 8.58. The number of hydrogen-bond donors (Lipinski definition) is 1. The molecule has 1 N–H and O–H groups in total. The molecule has 1 aromatic carbocycles. The van der Waals surface area contributed by atoms with Gasteiger partial charge in [-0.05, 0) is 31.4 Å². The quantitative estimate of drug-likeness (QED) is 0.907. The van der Waals surface area contributed by atoms with Crippen molar-refractivity contribution in [2.75, 3.05) is 32.7 Å². The van der Waals surface area contributed by atoms with Gasteiger partial charge in [0.1, 0.15) is 6.04 Å². The Hall–Kier alpha value is -1.88. The minimum atomic E-state index is -0.260. The summed E-state index contributed by atoms with van der Waals surface area (Å²) in [5.74, 6) is 0.201. The predicted molar refractivity (Wildman–Crippen MR) is 88.9 cm³/mol. The molecule has 1 aromatic rings. The molecule has 2 saturated heterocycles. The van der Waals surface area contributed by atoms with Gasteiger partial charge in [0, 0.05) is 26.2 Å². The van der Waals surface area contributed by atoms with Crippen molar-refractivity contribution < 1.29 is 9.59 Å². The number of carbonyl (C=O) groups is 2. The van der Waals surface area contributed by atoms with E-state index in [1.165, 1.54) is 0 Å². The summed E-state index contributed by atoms with van der Waals surface area (Å²) in [4.78, 5) is 29.2. The highest BCUT2D eigenvalue weighted by Gasteiger charge is 2.36. The van der Waals surface area contributed by atoms with E-state index in [2.05, 4.69) is 5.32 Å². The SMILES string of the molecule is O=C(C1CCCN1C(=O)Cc1ccccc1)N1CCCNCC1. The van der Waals surface area contributed by atoms with Gasteiger partial charge >= 0.3 is 0 Å². The topological polar surface area (TPSA) is 52.7 Å². The lowest BCUT2D eigenvalue weighted by Gasteiger charge is -2.29. The summed E-state index contributed by atoms with van der Waals surface area (Å²) in [6.45, 7) is 4.05. The maximum Gasteiger partial charge on any atom is 0.245 e. The van der Waals surface area contributed by atoms with Gasteiger partial charge in [-0.2, -0.15) is 0 Å². The fourth-order valence-corrected chi connectivity index (χ4v) is 3.47. The smallest absolute Gasteiger partial charge is 0.245 e. The van der Waals surface area contributed by atoms with Gasteiger partial charge < -0.3 is 15.1 Å². The first-order valence-electron chi connectivity index (χ1n) is 8.58. The van der Waals surface area contributed by atoms with E-state index in [9.17, 15) is 9.59 Å².